The lowest BCUT2D eigenvalue weighted by Crippen LogP contribution is -2.45. The number of carbonyl (C=O) groups is 1. The van der Waals surface area contributed by atoms with E-state index in [-0.39, 0.29) is 11.7 Å². The third kappa shape index (κ3) is 3.97. The van der Waals surface area contributed by atoms with Crippen LogP contribution in [0, 0.1) is 6.92 Å². The maximum atomic E-state index is 12.3. The Morgan fingerprint density at radius 1 is 1.25 bits per heavy atom. The number of rotatable bonds is 5. The minimum absolute atomic E-state index is 0.0904. The number of para-hydroxylation sites is 1. The lowest BCUT2D eigenvalue weighted by atomic mass is 10.0. The predicted octanol–water partition coefficient (Wildman–Crippen LogP) is 2.72. The molecule has 0 unspecified atom stereocenters. The van der Waals surface area contributed by atoms with Gasteiger partial charge in [-0.25, -0.2) is 0 Å². The zero-order chi connectivity index (χ0) is 17.0. The van der Waals surface area contributed by atoms with Crippen molar-refractivity contribution in [3.8, 4) is 0 Å². The van der Waals surface area contributed by atoms with Crippen LogP contribution in [0.2, 0.25) is 0 Å². The van der Waals surface area contributed by atoms with E-state index < -0.39 is 0 Å². The molecule has 0 atom stereocenters. The summed E-state index contributed by atoms with van der Waals surface area (Å²) in [6.07, 6.45) is 3.23. The molecule has 5 heteroatoms. The maximum absolute atomic E-state index is 12.3. The highest BCUT2D eigenvalue weighted by atomic mass is 16.7. The van der Waals surface area contributed by atoms with Gasteiger partial charge in [-0.15, -0.1) is 0 Å². The van der Waals surface area contributed by atoms with Gasteiger partial charge in [0.1, 0.15) is 0 Å². The van der Waals surface area contributed by atoms with Crippen molar-refractivity contribution in [2.45, 2.75) is 45.3 Å². The molecule has 5 nitrogen and oxygen atoms in total. The first-order chi connectivity index (χ1) is 11.6. The van der Waals surface area contributed by atoms with Crippen molar-refractivity contribution in [3.63, 3.8) is 0 Å². The van der Waals surface area contributed by atoms with E-state index >= 15 is 0 Å². The molecule has 1 aromatic rings. The fraction of sp³-hybridized carbons (Fsp3) is 0.632. The van der Waals surface area contributed by atoms with Crippen molar-refractivity contribution in [1.82, 2.24) is 4.90 Å². The number of anilines is 1. The number of ether oxygens (including phenoxy) is 2. The van der Waals surface area contributed by atoms with Crippen LogP contribution in [0.4, 0.5) is 5.69 Å². The van der Waals surface area contributed by atoms with Gasteiger partial charge < -0.3 is 19.7 Å². The summed E-state index contributed by atoms with van der Waals surface area (Å²) in [5.74, 6) is -0.247. The van der Waals surface area contributed by atoms with Gasteiger partial charge in [-0.05, 0) is 24.5 Å². The molecule has 2 heterocycles. The summed E-state index contributed by atoms with van der Waals surface area (Å²) in [5.41, 5.74) is 3.30. The van der Waals surface area contributed by atoms with E-state index in [2.05, 4.69) is 23.2 Å². The van der Waals surface area contributed by atoms with Gasteiger partial charge in [0.15, 0.2) is 5.79 Å². The number of amides is 1. The second kappa shape index (κ2) is 7.64. The predicted molar refractivity (Wildman–Crippen MR) is 94.1 cm³/mol. The molecule has 1 amide bonds. The van der Waals surface area contributed by atoms with Gasteiger partial charge in [0, 0.05) is 44.6 Å². The molecule has 24 heavy (non-hydrogen) atoms. The molecule has 0 bridgehead atoms. The van der Waals surface area contributed by atoms with Crippen LogP contribution in [-0.4, -0.2) is 49.4 Å². The zero-order valence-electron chi connectivity index (χ0n) is 14.8. The Hall–Kier alpha value is -1.43. The summed E-state index contributed by atoms with van der Waals surface area (Å²) in [6.45, 7) is 8.21. The summed E-state index contributed by atoms with van der Waals surface area (Å²) in [5, 5.41) is 3.10. The summed E-state index contributed by atoms with van der Waals surface area (Å²) < 4.78 is 11.5. The number of likely N-dealkylation sites (tertiary alicyclic amines) is 1. The van der Waals surface area contributed by atoms with Crippen LogP contribution in [0.1, 0.15) is 37.3 Å². The van der Waals surface area contributed by atoms with E-state index in [0.29, 0.717) is 19.6 Å². The number of piperidine rings is 1. The zero-order valence-corrected chi connectivity index (χ0v) is 14.8. The van der Waals surface area contributed by atoms with Crippen LogP contribution in [0.3, 0.4) is 0 Å². The maximum Gasteiger partial charge on any atom is 0.225 e. The fourth-order valence-electron chi connectivity index (χ4n) is 3.57. The average Bonchev–Trinajstić information content (AvgIpc) is 3.04. The highest BCUT2D eigenvalue weighted by molar-refractivity contribution is 5.92. The number of carbonyl (C=O) groups excluding carboxylic acids is 1. The summed E-state index contributed by atoms with van der Waals surface area (Å²) in [4.78, 5) is 14.7. The largest absolute Gasteiger partial charge is 0.347 e. The molecule has 2 aliphatic heterocycles. The second-order valence-corrected chi connectivity index (χ2v) is 6.71. The first-order valence-corrected chi connectivity index (χ1v) is 9.00. The Balaban J connectivity index is 1.47. The minimum atomic E-state index is -0.337. The van der Waals surface area contributed by atoms with Crippen molar-refractivity contribution in [2.24, 2.45) is 0 Å². The topological polar surface area (TPSA) is 50.8 Å². The van der Waals surface area contributed by atoms with Gasteiger partial charge in [0.05, 0.1) is 13.2 Å². The van der Waals surface area contributed by atoms with E-state index in [0.717, 1.165) is 50.1 Å². The van der Waals surface area contributed by atoms with Gasteiger partial charge in [-0.2, -0.15) is 0 Å². The number of nitrogens with zero attached hydrogens (tertiary/aromatic N) is 1. The van der Waals surface area contributed by atoms with E-state index in [9.17, 15) is 4.79 Å². The van der Waals surface area contributed by atoms with Gasteiger partial charge in [0.2, 0.25) is 5.91 Å². The molecule has 132 valence electrons. The third-order valence-electron chi connectivity index (χ3n) is 5.09. The monoisotopic (exact) mass is 332 g/mol. The lowest BCUT2D eigenvalue weighted by Gasteiger charge is -2.37. The first-order valence-electron chi connectivity index (χ1n) is 9.00. The van der Waals surface area contributed by atoms with Crippen LogP contribution in [0.25, 0.3) is 0 Å². The molecule has 1 N–H and O–H groups in total. The molecule has 0 aromatic heterocycles. The molecular formula is C19H28N2O3. The third-order valence-corrected chi connectivity index (χ3v) is 5.09. The van der Waals surface area contributed by atoms with Crippen LogP contribution in [0.15, 0.2) is 18.2 Å². The van der Waals surface area contributed by atoms with Crippen molar-refractivity contribution >= 4 is 11.6 Å². The number of aryl methyl sites for hydroxylation is 2. The van der Waals surface area contributed by atoms with Gasteiger partial charge in [-0.1, -0.05) is 25.1 Å². The van der Waals surface area contributed by atoms with E-state index in [1.807, 2.05) is 19.1 Å². The van der Waals surface area contributed by atoms with Crippen molar-refractivity contribution in [2.75, 3.05) is 38.2 Å². The smallest absolute Gasteiger partial charge is 0.225 e. The Bertz CT molecular complexity index is 572. The molecule has 3 rings (SSSR count). The van der Waals surface area contributed by atoms with Crippen LogP contribution in [0.5, 0.6) is 0 Å². The summed E-state index contributed by atoms with van der Waals surface area (Å²) in [7, 11) is 0. The number of hydrogen-bond donors (Lipinski definition) is 1. The van der Waals surface area contributed by atoms with E-state index in [1.165, 1.54) is 5.56 Å². The van der Waals surface area contributed by atoms with Crippen LogP contribution < -0.4 is 5.32 Å². The lowest BCUT2D eigenvalue weighted by molar-refractivity contribution is -0.185. The van der Waals surface area contributed by atoms with Crippen molar-refractivity contribution < 1.29 is 14.3 Å². The number of nitrogens with one attached hydrogen (secondary N) is 1. The Kier molecular flexibility index (Phi) is 5.54. The fourth-order valence-corrected chi connectivity index (χ4v) is 3.57. The van der Waals surface area contributed by atoms with Crippen molar-refractivity contribution in [1.29, 1.82) is 0 Å². The Labute approximate surface area is 144 Å². The average molecular weight is 332 g/mol. The summed E-state index contributed by atoms with van der Waals surface area (Å²) in [6, 6.07) is 6.16. The van der Waals surface area contributed by atoms with E-state index in [4.69, 9.17) is 9.47 Å². The second-order valence-electron chi connectivity index (χ2n) is 6.71. The molecule has 2 aliphatic rings. The highest BCUT2D eigenvalue weighted by Gasteiger charge is 2.39. The number of hydrogen-bond acceptors (Lipinski definition) is 4. The van der Waals surface area contributed by atoms with Gasteiger partial charge >= 0.3 is 0 Å². The van der Waals surface area contributed by atoms with Gasteiger partial charge in [-0.3, -0.25) is 4.79 Å². The highest BCUT2D eigenvalue weighted by Crippen LogP contribution is 2.31. The molecule has 2 saturated heterocycles. The normalized spacial score (nSPS) is 20.4. The molecule has 1 aromatic carbocycles. The van der Waals surface area contributed by atoms with Gasteiger partial charge in [0.25, 0.3) is 0 Å². The van der Waals surface area contributed by atoms with Crippen LogP contribution >= 0.6 is 0 Å². The molecule has 0 radical (unpaired) electrons. The molecule has 1 spiro atoms. The summed E-state index contributed by atoms with van der Waals surface area (Å²) >= 11 is 0. The Morgan fingerprint density at radius 2 is 1.96 bits per heavy atom. The molecule has 2 fully saturated rings. The minimum Gasteiger partial charge on any atom is -0.347 e. The number of benzene rings is 1. The molecule has 0 saturated carbocycles. The SMILES string of the molecule is CCc1cccc(C)c1NC(=O)CCN1CCC2(CC1)OCCO2. The molecule has 0 aliphatic carbocycles. The quantitative estimate of drug-likeness (QED) is 0.901. The Morgan fingerprint density at radius 3 is 2.62 bits per heavy atom. The van der Waals surface area contributed by atoms with Crippen LogP contribution in [-0.2, 0) is 20.7 Å². The van der Waals surface area contributed by atoms with E-state index in [1.54, 1.807) is 0 Å². The first kappa shape index (κ1) is 17.4. The van der Waals surface area contributed by atoms with Crippen molar-refractivity contribution in [3.05, 3.63) is 29.3 Å². The standard InChI is InChI=1S/C19H28N2O3/c1-3-16-6-4-5-15(2)18(16)20-17(22)7-10-21-11-8-19(9-12-21)23-13-14-24-19/h4-6H,3,7-14H2,1-2H3,(H,20,22). The molecular weight excluding hydrogens is 304 g/mol.